The quantitative estimate of drug-likeness (QED) is 0.839. The summed E-state index contributed by atoms with van der Waals surface area (Å²) in [6.45, 7) is 0.367. The lowest BCUT2D eigenvalue weighted by atomic mass is 10.1. The molecule has 0 radical (unpaired) electrons. The molecule has 1 aliphatic rings. The molecule has 1 aromatic rings. The number of thioether (sulfide) groups is 1. The first kappa shape index (κ1) is 12.6. The first-order valence-corrected chi connectivity index (χ1v) is 6.29. The predicted molar refractivity (Wildman–Crippen MR) is 68.5 cm³/mol. The van der Waals surface area contributed by atoms with E-state index < -0.39 is 0 Å². The van der Waals surface area contributed by atoms with Crippen molar-refractivity contribution in [3.8, 4) is 0 Å². The first-order chi connectivity index (χ1) is 8.61. The fourth-order valence-electron chi connectivity index (χ4n) is 1.61. The molecule has 0 atom stereocenters. The maximum absolute atomic E-state index is 11.5. The molecule has 1 saturated heterocycles. The zero-order valence-electron chi connectivity index (χ0n) is 9.80. The molecule has 1 amide bonds. The number of rotatable bonds is 3. The van der Waals surface area contributed by atoms with Crippen molar-refractivity contribution >= 4 is 28.8 Å². The van der Waals surface area contributed by atoms with Gasteiger partial charge in [-0.05, 0) is 17.7 Å². The number of methoxy groups -OCH3 is 1. The van der Waals surface area contributed by atoms with Gasteiger partial charge in [0, 0.05) is 0 Å². The van der Waals surface area contributed by atoms with Crippen LogP contribution in [-0.2, 0) is 16.1 Å². The van der Waals surface area contributed by atoms with Crippen LogP contribution in [0.3, 0.4) is 0 Å². The molecule has 0 bridgehead atoms. The van der Waals surface area contributed by atoms with E-state index in [1.807, 2.05) is 0 Å². The van der Waals surface area contributed by atoms with E-state index in [-0.39, 0.29) is 17.0 Å². The standard InChI is InChI=1S/C12H12N2O3S/c1-17-11(16)9-4-2-8(3-5-9)6-14-10(15)7-18-12(14)13/h2-5,13H,6-7H2,1H3. The van der Waals surface area contributed by atoms with Crippen LogP contribution >= 0.6 is 11.8 Å². The van der Waals surface area contributed by atoms with Crippen molar-refractivity contribution < 1.29 is 14.3 Å². The van der Waals surface area contributed by atoms with Crippen LogP contribution in [-0.4, -0.2) is 34.8 Å². The number of ether oxygens (including phenoxy) is 1. The Labute approximate surface area is 109 Å². The lowest BCUT2D eigenvalue weighted by Gasteiger charge is -2.14. The lowest BCUT2D eigenvalue weighted by Crippen LogP contribution is -2.28. The van der Waals surface area contributed by atoms with Gasteiger partial charge in [-0.2, -0.15) is 0 Å². The highest BCUT2D eigenvalue weighted by Gasteiger charge is 2.26. The average Bonchev–Trinajstić information content (AvgIpc) is 2.70. The zero-order chi connectivity index (χ0) is 13.1. The monoisotopic (exact) mass is 264 g/mol. The Bertz CT molecular complexity index is 483. The molecule has 1 aromatic carbocycles. The van der Waals surface area contributed by atoms with Crippen molar-refractivity contribution in [3.63, 3.8) is 0 Å². The maximum atomic E-state index is 11.5. The maximum Gasteiger partial charge on any atom is 0.337 e. The molecular formula is C12H12N2O3S. The van der Waals surface area contributed by atoms with Crippen molar-refractivity contribution in [1.29, 1.82) is 5.41 Å². The van der Waals surface area contributed by atoms with Crippen molar-refractivity contribution in [2.24, 2.45) is 0 Å². The van der Waals surface area contributed by atoms with Crippen LogP contribution in [0, 0.1) is 5.41 Å². The summed E-state index contributed by atoms with van der Waals surface area (Å²) in [5.41, 5.74) is 1.35. The third kappa shape index (κ3) is 2.53. The fraction of sp³-hybridized carbons (Fsp3) is 0.250. The number of benzene rings is 1. The molecule has 0 aliphatic carbocycles. The number of amidine groups is 1. The van der Waals surface area contributed by atoms with Gasteiger partial charge in [0.1, 0.15) is 0 Å². The third-order valence-electron chi connectivity index (χ3n) is 2.59. The molecule has 5 nitrogen and oxygen atoms in total. The summed E-state index contributed by atoms with van der Waals surface area (Å²) in [5, 5.41) is 7.89. The van der Waals surface area contributed by atoms with Gasteiger partial charge in [0.15, 0.2) is 5.17 Å². The SMILES string of the molecule is COC(=O)c1ccc(CN2C(=N)SCC2=O)cc1. The molecule has 0 unspecified atom stereocenters. The van der Waals surface area contributed by atoms with Gasteiger partial charge in [-0.3, -0.25) is 15.1 Å². The Morgan fingerprint density at radius 3 is 2.61 bits per heavy atom. The van der Waals surface area contributed by atoms with Gasteiger partial charge >= 0.3 is 5.97 Å². The summed E-state index contributed by atoms with van der Waals surface area (Å²) in [4.78, 5) is 24.2. The van der Waals surface area contributed by atoms with Crippen LogP contribution in [0.4, 0.5) is 0 Å². The molecule has 1 fully saturated rings. The molecule has 6 heteroatoms. The highest BCUT2D eigenvalue weighted by atomic mass is 32.2. The minimum atomic E-state index is -0.387. The van der Waals surface area contributed by atoms with Gasteiger partial charge in [0.25, 0.3) is 0 Å². The molecule has 0 saturated carbocycles. The number of carbonyl (C=O) groups excluding carboxylic acids is 2. The number of amides is 1. The first-order valence-electron chi connectivity index (χ1n) is 5.31. The Kier molecular flexibility index (Phi) is 3.66. The van der Waals surface area contributed by atoms with Crippen molar-refractivity contribution in [1.82, 2.24) is 4.90 Å². The van der Waals surface area contributed by atoms with Crippen molar-refractivity contribution in [2.45, 2.75) is 6.54 Å². The second kappa shape index (κ2) is 5.22. The van der Waals surface area contributed by atoms with Crippen LogP contribution in [0.15, 0.2) is 24.3 Å². The second-order valence-corrected chi connectivity index (χ2v) is 4.73. The van der Waals surface area contributed by atoms with Crippen LogP contribution < -0.4 is 0 Å². The Hall–Kier alpha value is -1.82. The molecule has 94 valence electrons. The summed E-state index contributed by atoms with van der Waals surface area (Å²) in [6.07, 6.45) is 0. The van der Waals surface area contributed by atoms with Gasteiger partial charge in [0.05, 0.1) is 25.0 Å². The zero-order valence-corrected chi connectivity index (χ0v) is 10.6. The Morgan fingerprint density at radius 2 is 2.11 bits per heavy atom. The number of carbonyl (C=O) groups is 2. The molecule has 0 aromatic heterocycles. The number of nitrogens with one attached hydrogen (secondary N) is 1. The van der Waals surface area contributed by atoms with Crippen LogP contribution in [0.5, 0.6) is 0 Å². The van der Waals surface area contributed by atoms with E-state index in [2.05, 4.69) is 4.74 Å². The van der Waals surface area contributed by atoms with Gasteiger partial charge in [0.2, 0.25) is 5.91 Å². The summed E-state index contributed by atoms with van der Waals surface area (Å²) in [6, 6.07) is 6.82. The number of esters is 1. The smallest absolute Gasteiger partial charge is 0.337 e. The highest BCUT2D eigenvalue weighted by Crippen LogP contribution is 2.20. The summed E-state index contributed by atoms with van der Waals surface area (Å²) >= 11 is 1.23. The van der Waals surface area contributed by atoms with E-state index in [0.717, 1.165) is 5.56 Å². The van der Waals surface area contributed by atoms with Gasteiger partial charge < -0.3 is 4.74 Å². The molecule has 1 aliphatic heterocycles. The summed E-state index contributed by atoms with van der Waals surface area (Å²) in [5.74, 6) is -0.108. The van der Waals surface area contributed by atoms with E-state index >= 15 is 0 Å². The van der Waals surface area contributed by atoms with Crippen LogP contribution in [0.25, 0.3) is 0 Å². The third-order valence-corrected chi connectivity index (χ3v) is 3.48. The number of nitrogens with zero attached hydrogens (tertiary/aromatic N) is 1. The van der Waals surface area contributed by atoms with Crippen LogP contribution in [0.1, 0.15) is 15.9 Å². The number of hydrogen-bond donors (Lipinski definition) is 1. The predicted octanol–water partition coefficient (Wildman–Crippen LogP) is 1.48. The van der Waals surface area contributed by atoms with E-state index in [0.29, 0.717) is 17.9 Å². The molecule has 1 N–H and O–H groups in total. The number of hydrogen-bond acceptors (Lipinski definition) is 5. The topological polar surface area (TPSA) is 70.5 Å². The highest BCUT2D eigenvalue weighted by molar-refractivity contribution is 8.14. The summed E-state index contributed by atoms with van der Waals surface area (Å²) < 4.78 is 4.60. The largest absolute Gasteiger partial charge is 0.465 e. The summed E-state index contributed by atoms with van der Waals surface area (Å²) in [7, 11) is 1.33. The molecular weight excluding hydrogens is 252 g/mol. The fourth-order valence-corrected chi connectivity index (χ4v) is 2.34. The van der Waals surface area contributed by atoms with Crippen molar-refractivity contribution in [3.05, 3.63) is 35.4 Å². The van der Waals surface area contributed by atoms with Crippen molar-refractivity contribution in [2.75, 3.05) is 12.9 Å². The normalized spacial score (nSPS) is 15.1. The van der Waals surface area contributed by atoms with E-state index in [1.54, 1.807) is 24.3 Å². The Morgan fingerprint density at radius 1 is 1.44 bits per heavy atom. The average molecular weight is 264 g/mol. The molecule has 1 heterocycles. The minimum absolute atomic E-state index is 0.0537. The molecule has 2 rings (SSSR count). The van der Waals surface area contributed by atoms with E-state index in [1.165, 1.54) is 23.8 Å². The Balaban J connectivity index is 2.09. The van der Waals surface area contributed by atoms with E-state index in [9.17, 15) is 9.59 Å². The van der Waals surface area contributed by atoms with Gasteiger partial charge in [-0.15, -0.1) is 0 Å². The van der Waals surface area contributed by atoms with Crippen LogP contribution in [0.2, 0.25) is 0 Å². The van der Waals surface area contributed by atoms with Gasteiger partial charge in [-0.25, -0.2) is 4.79 Å². The van der Waals surface area contributed by atoms with Gasteiger partial charge in [-0.1, -0.05) is 23.9 Å². The molecule has 0 spiro atoms. The minimum Gasteiger partial charge on any atom is -0.465 e. The lowest BCUT2D eigenvalue weighted by molar-refractivity contribution is -0.124. The second-order valence-electron chi connectivity index (χ2n) is 3.76. The molecule has 18 heavy (non-hydrogen) atoms. The van der Waals surface area contributed by atoms with E-state index in [4.69, 9.17) is 5.41 Å².